The van der Waals surface area contributed by atoms with Crippen LogP contribution in [0.15, 0.2) is 30.8 Å². The summed E-state index contributed by atoms with van der Waals surface area (Å²) in [4.78, 5) is 11.6. The molecule has 0 saturated heterocycles. The molecule has 0 amide bonds. The Labute approximate surface area is 116 Å². The number of unbranched alkanes of at least 4 members (excludes halogenated alkanes) is 3. The summed E-state index contributed by atoms with van der Waals surface area (Å²) in [7, 11) is 0. The molecule has 1 rings (SSSR count). The Kier molecular flexibility index (Phi) is 6.94. The smallest absolute Gasteiger partial charge is 0.338 e. The zero-order chi connectivity index (χ0) is 14.1. The van der Waals surface area contributed by atoms with Crippen molar-refractivity contribution in [2.45, 2.75) is 46.0 Å². The lowest BCUT2D eigenvalue weighted by molar-refractivity contribution is -0.136. The number of hydrogen-bond donors (Lipinski definition) is 0. The minimum atomic E-state index is -0.335. The van der Waals surface area contributed by atoms with Gasteiger partial charge in [0.2, 0.25) is 0 Å². The molecule has 0 aliphatic heterocycles. The first-order valence-corrected chi connectivity index (χ1v) is 7.14. The fourth-order valence-electron chi connectivity index (χ4n) is 1.96. The number of hydrogen-bond acceptors (Lipinski definition) is 2. The van der Waals surface area contributed by atoms with E-state index in [2.05, 4.69) is 25.6 Å². The number of esters is 1. The highest BCUT2D eigenvalue weighted by Gasteiger charge is 2.09. The molecule has 0 heterocycles. The van der Waals surface area contributed by atoms with Gasteiger partial charge in [-0.15, -0.1) is 0 Å². The molecule has 0 aromatic heterocycles. The Balaban J connectivity index is 2.51. The summed E-state index contributed by atoms with van der Waals surface area (Å²) in [5, 5.41) is 0. The third-order valence-electron chi connectivity index (χ3n) is 3.14. The van der Waals surface area contributed by atoms with Gasteiger partial charge in [-0.25, -0.2) is 4.79 Å². The molecule has 2 heteroatoms. The average Bonchev–Trinajstić information content (AvgIpc) is 2.44. The molecule has 19 heavy (non-hydrogen) atoms. The fraction of sp³-hybridized carbons (Fsp3) is 0.471. The van der Waals surface area contributed by atoms with Crippen molar-refractivity contribution in [2.24, 2.45) is 0 Å². The van der Waals surface area contributed by atoms with Crippen LogP contribution in [0, 0.1) is 0 Å². The van der Waals surface area contributed by atoms with Crippen molar-refractivity contribution in [2.75, 3.05) is 6.61 Å². The van der Waals surface area contributed by atoms with E-state index >= 15 is 0 Å². The SMILES string of the molecule is C=C(C(=O)OCC)c1ccc(CCCCCC)cc1. The van der Waals surface area contributed by atoms with Gasteiger partial charge in [-0.3, -0.25) is 0 Å². The van der Waals surface area contributed by atoms with Crippen molar-refractivity contribution >= 4 is 11.5 Å². The zero-order valence-corrected chi connectivity index (χ0v) is 12.1. The molecule has 1 aromatic rings. The Morgan fingerprint density at radius 1 is 1.11 bits per heavy atom. The lowest BCUT2D eigenvalue weighted by Gasteiger charge is -2.07. The van der Waals surface area contributed by atoms with E-state index in [1.807, 2.05) is 12.1 Å². The van der Waals surface area contributed by atoms with Crippen molar-refractivity contribution in [3.8, 4) is 0 Å². The van der Waals surface area contributed by atoms with E-state index in [9.17, 15) is 4.79 Å². The van der Waals surface area contributed by atoms with Gasteiger partial charge in [0, 0.05) is 0 Å². The lowest BCUT2D eigenvalue weighted by Crippen LogP contribution is -2.05. The average molecular weight is 260 g/mol. The second kappa shape index (κ2) is 8.52. The van der Waals surface area contributed by atoms with E-state index in [1.54, 1.807) is 6.92 Å². The minimum absolute atomic E-state index is 0.335. The first-order chi connectivity index (χ1) is 9.19. The number of rotatable bonds is 8. The van der Waals surface area contributed by atoms with E-state index in [-0.39, 0.29) is 5.97 Å². The second-order valence-electron chi connectivity index (χ2n) is 4.71. The van der Waals surface area contributed by atoms with Crippen LogP contribution in [-0.2, 0) is 16.0 Å². The highest BCUT2D eigenvalue weighted by molar-refractivity contribution is 6.15. The lowest BCUT2D eigenvalue weighted by atomic mass is 10.0. The molecule has 0 unspecified atom stereocenters. The maximum atomic E-state index is 11.6. The van der Waals surface area contributed by atoms with Crippen LogP contribution in [-0.4, -0.2) is 12.6 Å². The van der Waals surface area contributed by atoms with Crippen LogP contribution in [0.3, 0.4) is 0 Å². The molecule has 0 atom stereocenters. The summed E-state index contributed by atoms with van der Waals surface area (Å²) >= 11 is 0. The molecular formula is C17H24O2. The number of benzene rings is 1. The fourth-order valence-corrected chi connectivity index (χ4v) is 1.96. The van der Waals surface area contributed by atoms with Gasteiger partial charge in [0.15, 0.2) is 0 Å². The first kappa shape index (κ1) is 15.5. The highest BCUT2D eigenvalue weighted by atomic mass is 16.5. The van der Waals surface area contributed by atoms with Crippen LogP contribution in [0.25, 0.3) is 5.57 Å². The standard InChI is InChI=1S/C17H24O2/c1-4-6-7-8-9-15-10-12-16(13-11-15)14(3)17(18)19-5-2/h10-13H,3-9H2,1-2H3. The molecular weight excluding hydrogens is 236 g/mol. The van der Waals surface area contributed by atoms with E-state index in [4.69, 9.17) is 4.74 Å². The normalized spacial score (nSPS) is 10.2. The van der Waals surface area contributed by atoms with Crippen LogP contribution in [0.4, 0.5) is 0 Å². The van der Waals surface area contributed by atoms with Crippen molar-refractivity contribution in [3.63, 3.8) is 0 Å². The Morgan fingerprint density at radius 3 is 2.37 bits per heavy atom. The van der Waals surface area contributed by atoms with E-state index in [1.165, 1.54) is 31.2 Å². The third kappa shape index (κ3) is 5.29. The second-order valence-corrected chi connectivity index (χ2v) is 4.71. The zero-order valence-electron chi connectivity index (χ0n) is 12.1. The molecule has 0 saturated carbocycles. The maximum absolute atomic E-state index is 11.6. The predicted molar refractivity (Wildman–Crippen MR) is 80.0 cm³/mol. The molecule has 0 radical (unpaired) electrons. The van der Waals surface area contributed by atoms with Gasteiger partial charge in [-0.2, -0.15) is 0 Å². The van der Waals surface area contributed by atoms with Crippen LogP contribution in [0.5, 0.6) is 0 Å². The monoisotopic (exact) mass is 260 g/mol. The van der Waals surface area contributed by atoms with Gasteiger partial charge in [0.25, 0.3) is 0 Å². The molecule has 0 aliphatic rings. The Bertz CT molecular complexity index is 404. The Hall–Kier alpha value is -1.57. The number of carbonyl (C=O) groups excluding carboxylic acids is 1. The van der Waals surface area contributed by atoms with Gasteiger partial charge >= 0.3 is 5.97 Å². The summed E-state index contributed by atoms with van der Waals surface area (Å²) in [6.45, 7) is 8.18. The summed E-state index contributed by atoms with van der Waals surface area (Å²) in [6, 6.07) is 8.06. The van der Waals surface area contributed by atoms with Crippen molar-refractivity contribution < 1.29 is 9.53 Å². The molecule has 1 aromatic carbocycles. The highest BCUT2D eigenvalue weighted by Crippen LogP contribution is 2.16. The van der Waals surface area contributed by atoms with Crippen molar-refractivity contribution in [1.82, 2.24) is 0 Å². The van der Waals surface area contributed by atoms with Crippen LogP contribution in [0.2, 0.25) is 0 Å². The summed E-state index contributed by atoms with van der Waals surface area (Å²) in [6.07, 6.45) is 6.18. The van der Waals surface area contributed by atoms with E-state index in [0.29, 0.717) is 12.2 Å². The van der Waals surface area contributed by atoms with Gasteiger partial charge in [-0.1, -0.05) is 57.0 Å². The van der Waals surface area contributed by atoms with Crippen LogP contribution in [0.1, 0.15) is 50.7 Å². The van der Waals surface area contributed by atoms with Crippen molar-refractivity contribution in [1.29, 1.82) is 0 Å². The third-order valence-corrected chi connectivity index (χ3v) is 3.14. The van der Waals surface area contributed by atoms with Gasteiger partial charge in [0.1, 0.15) is 0 Å². The largest absolute Gasteiger partial charge is 0.462 e. The van der Waals surface area contributed by atoms with E-state index < -0.39 is 0 Å². The molecule has 104 valence electrons. The molecule has 0 bridgehead atoms. The van der Waals surface area contributed by atoms with E-state index in [0.717, 1.165) is 12.0 Å². The number of aryl methyl sites for hydroxylation is 1. The minimum Gasteiger partial charge on any atom is -0.462 e. The molecule has 0 spiro atoms. The number of carbonyl (C=O) groups is 1. The molecule has 0 N–H and O–H groups in total. The quantitative estimate of drug-likeness (QED) is 0.394. The van der Waals surface area contributed by atoms with Crippen molar-refractivity contribution in [3.05, 3.63) is 42.0 Å². The summed E-state index contributed by atoms with van der Waals surface area (Å²) < 4.78 is 4.94. The van der Waals surface area contributed by atoms with Crippen LogP contribution < -0.4 is 0 Å². The molecule has 2 nitrogen and oxygen atoms in total. The van der Waals surface area contributed by atoms with Gasteiger partial charge < -0.3 is 4.74 Å². The molecule has 0 fully saturated rings. The maximum Gasteiger partial charge on any atom is 0.338 e. The first-order valence-electron chi connectivity index (χ1n) is 7.14. The predicted octanol–water partition coefficient (Wildman–Crippen LogP) is 4.39. The summed E-state index contributed by atoms with van der Waals surface area (Å²) in [5.74, 6) is -0.335. The topological polar surface area (TPSA) is 26.3 Å². The molecule has 0 aliphatic carbocycles. The summed E-state index contributed by atoms with van der Waals surface area (Å²) in [5.41, 5.74) is 2.59. The Morgan fingerprint density at radius 2 is 1.79 bits per heavy atom. The number of ether oxygens (including phenoxy) is 1. The van der Waals surface area contributed by atoms with Crippen LogP contribution >= 0.6 is 0 Å². The van der Waals surface area contributed by atoms with Gasteiger partial charge in [0.05, 0.1) is 12.2 Å². The van der Waals surface area contributed by atoms with Gasteiger partial charge in [-0.05, 0) is 30.9 Å².